The Hall–Kier alpha value is -2.02. The number of aromatic hydroxyl groups is 1. The largest absolute Gasteiger partial charge is 0.508 e. The summed E-state index contributed by atoms with van der Waals surface area (Å²) in [5, 5.41) is 9.21. The van der Waals surface area contributed by atoms with Crippen LogP contribution in [0, 0.1) is 0 Å². The standard InChI is InChI=1S/C18H20O/c1-14(2)17-10-6-15(7-11-17)4-3-5-16-8-12-18(19)13-9-16/h3-4,6-14,19H,5H2,1-2H3. The summed E-state index contributed by atoms with van der Waals surface area (Å²) >= 11 is 0. The van der Waals surface area contributed by atoms with E-state index in [1.54, 1.807) is 12.1 Å². The van der Waals surface area contributed by atoms with Gasteiger partial charge in [-0.25, -0.2) is 0 Å². The number of phenolic OH excluding ortho intramolecular Hbond substituents is 1. The fraction of sp³-hybridized carbons (Fsp3) is 0.222. The van der Waals surface area contributed by atoms with Crippen molar-refractivity contribution in [3.8, 4) is 5.75 Å². The minimum atomic E-state index is 0.317. The van der Waals surface area contributed by atoms with Crippen LogP contribution in [-0.4, -0.2) is 5.11 Å². The van der Waals surface area contributed by atoms with Crippen molar-refractivity contribution in [3.63, 3.8) is 0 Å². The molecule has 98 valence electrons. The van der Waals surface area contributed by atoms with Gasteiger partial charge in [0, 0.05) is 0 Å². The number of phenols is 1. The lowest BCUT2D eigenvalue weighted by Crippen LogP contribution is -1.86. The van der Waals surface area contributed by atoms with Crippen molar-refractivity contribution in [1.82, 2.24) is 0 Å². The number of hydrogen-bond donors (Lipinski definition) is 1. The fourth-order valence-corrected chi connectivity index (χ4v) is 1.96. The predicted octanol–water partition coefficient (Wildman–Crippen LogP) is 4.77. The van der Waals surface area contributed by atoms with Gasteiger partial charge in [-0.05, 0) is 41.2 Å². The zero-order valence-corrected chi connectivity index (χ0v) is 11.5. The van der Waals surface area contributed by atoms with E-state index in [-0.39, 0.29) is 0 Å². The van der Waals surface area contributed by atoms with Gasteiger partial charge in [-0.3, -0.25) is 0 Å². The first kappa shape index (κ1) is 13.4. The van der Waals surface area contributed by atoms with Crippen molar-refractivity contribution >= 4 is 6.08 Å². The smallest absolute Gasteiger partial charge is 0.115 e. The van der Waals surface area contributed by atoms with Crippen molar-refractivity contribution in [3.05, 3.63) is 71.3 Å². The van der Waals surface area contributed by atoms with Crippen LogP contribution in [0.25, 0.3) is 6.08 Å². The minimum absolute atomic E-state index is 0.317. The summed E-state index contributed by atoms with van der Waals surface area (Å²) in [6.45, 7) is 4.41. The number of hydrogen-bond acceptors (Lipinski definition) is 1. The van der Waals surface area contributed by atoms with Gasteiger partial charge in [0.05, 0.1) is 0 Å². The Morgan fingerprint density at radius 1 is 0.947 bits per heavy atom. The van der Waals surface area contributed by atoms with E-state index in [2.05, 4.69) is 50.3 Å². The van der Waals surface area contributed by atoms with Gasteiger partial charge in [0.1, 0.15) is 5.75 Å². The normalized spacial score (nSPS) is 11.3. The average Bonchev–Trinajstić information content (AvgIpc) is 2.41. The second kappa shape index (κ2) is 6.24. The summed E-state index contributed by atoms with van der Waals surface area (Å²) in [4.78, 5) is 0. The van der Waals surface area contributed by atoms with Gasteiger partial charge in [-0.2, -0.15) is 0 Å². The van der Waals surface area contributed by atoms with Crippen molar-refractivity contribution in [2.75, 3.05) is 0 Å². The Kier molecular flexibility index (Phi) is 4.40. The molecule has 19 heavy (non-hydrogen) atoms. The van der Waals surface area contributed by atoms with Crippen LogP contribution < -0.4 is 0 Å². The molecule has 0 aliphatic carbocycles. The van der Waals surface area contributed by atoms with Crippen molar-refractivity contribution in [2.24, 2.45) is 0 Å². The molecule has 0 spiro atoms. The molecule has 0 radical (unpaired) electrons. The molecular weight excluding hydrogens is 232 g/mol. The molecule has 1 heteroatoms. The first-order valence-electron chi connectivity index (χ1n) is 6.69. The molecule has 0 fully saturated rings. The SMILES string of the molecule is CC(C)c1ccc(C=CCc2ccc(O)cc2)cc1. The molecule has 0 atom stereocenters. The van der Waals surface area contributed by atoms with Crippen LogP contribution >= 0.6 is 0 Å². The lowest BCUT2D eigenvalue weighted by atomic mass is 10.0. The fourth-order valence-electron chi connectivity index (χ4n) is 1.96. The number of benzene rings is 2. The molecule has 0 aromatic heterocycles. The highest BCUT2D eigenvalue weighted by Gasteiger charge is 1.97. The van der Waals surface area contributed by atoms with E-state index in [0.717, 1.165) is 6.42 Å². The topological polar surface area (TPSA) is 20.2 Å². The second-order valence-electron chi connectivity index (χ2n) is 5.09. The van der Waals surface area contributed by atoms with Crippen LogP contribution in [0.2, 0.25) is 0 Å². The Bertz CT molecular complexity index is 533. The van der Waals surface area contributed by atoms with E-state index in [4.69, 9.17) is 0 Å². The van der Waals surface area contributed by atoms with Crippen LogP contribution in [0.15, 0.2) is 54.6 Å². The van der Waals surface area contributed by atoms with Crippen LogP contribution in [0.1, 0.15) is 36.5 Å². The molecule has 0 aliphatic rings. The van der Waals surface area contributed by atoms with E-state index in [1.165, 1.54) is 16.7 Å². The summed E-state index contributed by atoms with van der Waals surface area (Å²) in [6.07, 6.45) is 5.17. The van der Waals surface area contributed by atoms with Crippen molar-refractivity contribution in [1.29, 1.82) is 0 Å². The molecule has 2 aromatic rings. The second-order valence-corrected chi connectivity index (χ2v) is 5.09. The number of rotatable bonds is 4. The molecule has 0 heterocycles. The van der Waals surface area contributed by atoms with Crippen LogP contribution in [0.4, 0.5) is 0 Å². The molecule has 0 saturated carbocycles. The third-order valence-electron chi connectivity index (χ3n) is 3.20. The Morgan fingerprint density at radius 2 is 1.58 bits per heavy atom. The average molecular weight is 252 g/mol. The van der Waals surface area contributed by atoms with Crippen LogP contribution in [-0.2, 0) is 6.42 Å². The molecule has 1 nitrogen and oxygen atoms in total. The monoisotopic (exact) mass is 252 g/mol. The van der Waals surface area contributed by atoms with Crippen molar-refractivity contribution < 1.29 is 5.11 Å². The van der Waals surface area contributed by atoms with Gasteiger partial charge in [0.25, 0.3) is 0 Å². The number of allylic oxidation sites excluding steroid dienone is 1. The Labute approximate surface area is 115 Å². The summed E-state index contributed by atoms with van der Waals surface area (Å²) in [6, 6.07) is 16.0. The highest BCUT2D eigenvalue weighted by Crippen LogP contribution is 2.16. The molecule has 0 amide bonds. The van der Waals surface area contributed by atoms with Gasteiger partial charge < -0.3 is 5.11 Å². The third kappa shape index (κ3) is 3.99. The van der Waals surface area contributed by atoms with Gasteiger partial charge in [-0.15, -0.1) is 0 Å². The summed E-state index contributed by atoms with van der Waals surface area (Å²) in [5.74, 6) is 0.895. The van der Waals surface area contributed by atoms with Crippen molar-refractivity contribution in [2.45, 2.75) is 26.2 Å². The lowest BCUT2D eigenvalue weighted by molar-refractivity contribution is 0.475. The quantitative estimate of drug-likeness (QED) is 0.831. The molecule has 0 unspecified atom stereocenters. The molecule has 2 aromatic carbocycles. The van der Waals surface area contributed by atoms with Crippen LogP contribution in [0.3, 0.4) is 0 Å². The Morgan fingerprint density at radius 3 is 2.16 bits per heavy atom. The summed E-state index contributed by atoms with van der Waals surface area (Å²) in [5.41, 5.74) is 3.80. The zero-order chi connectivity index (χ0) is 13.7. The molecule has 1 N–H and O–H groups in total. The van der Waals surface area contributed by atoms with Gasteiger partial charge >= 0.3 is 0 Å². The lowest BCUT2D eigenvalue weighted by Gasteiger charge is -2.04. The van der Waals surface area contributed by atoms with E-state index < -0.39 is 0 Å². The molecule has 2 rings (SSSR count). The summed E-state index contributed by atoms with van der Waals surface area (Å²) < 4.78 is 0. The zero-order valence-electron chi connectivity index (χ0n) is 11.5. The first-order valence-corrected chi connectivity index (χ1v) is 6.69. The van der Waals surface area contributed by atoms with E-state index >= 15 is 0 Å². The van der Waals surface area contributed by atoms with Gasteiger partial charge in [-0.1, -0.05) is 62.4 Å². The first-order chi connectivity index (χ1) is 9.15. The maximum Gasteiger partial charge on any atom is 0.115 e. The summed E-state index contributed by atoms with van der Waals surface area (Å²) in [7, 11) is 0. The molecule has 0 bridgehead atoms. The maximum atomic E-state index is 9.21. The van der Waals surface area contributed by atoms with E-state index in [9.17, 15) is 5.11 Å². The highest BCUT2D eigenvalue weighted by atomic mass is 16.3. The van der Waals surface area contributed by atoms with Crippen LogP contribution in [0.5, 0.6) is 5.75 Å². The molecule has 0 aliphatic heterocycles. The molecular formula is C18H20O. The van der Waals surface area contributed by atoms with E-state index in [1.807, 2.05) is 12.1 Å². The highest BCUT2D eigenvalue weighted by molar-refractivity contribution is 5.50. The maximum absolute atomic E-state index is 9.21. The van der Waals surface area contributed by atoms with Gasteiger partial charge in [0.15, 0.2) is 0 Å². The molecule has 0 saturated heterocycles. The minimum Gasteiger partial charge on any atom is -0.508 e. The van der Waals surface area contributed by atoms with E-state index in [0.29, 0.717) is 11.7 Å². The third-order valence-corrected chi connectivity index (χ3v) is 3.20. The Balaban J connectivity index is 1.97. The predicted molar refractivity (Wildman–Crippen MR) is 81.4 cm³/mol. The van der Waals surface area contributed by atoms with Gasteiger partial charge in [0.2, 0.25) is 0 Å².